The molecule has 0 radical (unpaired) electrons. The molecule has 5 nitrogen and oxygen atoms in total. The summed E-state index contributed by atoms with van der Waals surface area (Å²) in [6, 6.07) is 19.1. The number of benzene rings is 2. The highest BCUT2D eigenvalue weighted by atomic mass is 32.1. The summed E-state index contributed by atoms with van der Waals surface area (Å²) in [7, 11) is 0. The molecule has 35 heavy (non-hydrogen) atoms. The number of fused-ring (bicyclic) bond motifs is 1. The molecule has 2 aliphatic rings. The quantitative estimate of drug-likeness (QED) is 0.347. The standard InChI is InChI=1S/C29H28N2O3S/c1-18-15-31(16-19-7-9-21(10-8-19)20-5-3-2-4-6-20)25-24(17-35-26(18)25)27(32)30-23-13-29(14-23)11-22(12-29)28(33)34/h2-10,15,17,22-23H,11-14,16H2,1H3,(H,30,32)(H,33,34). The van der Waals surface area contributed by atoms with Gasteiger partial charge < -0.3 is 15.0 Å². The summed E-state index contributed by atoms with van der Waals surface area (Å²) in [5.41, 5.74) is 6.65. The van der Waals surface area contributed by atoms with E-state index in [0.717, 1.165) is 41.5 Å². The van der Waals surface area contributed by atoms with E-state index in [9.17, 15) is 9.59 Å². The first kappa shape index (κ1) is 22.1. The summed E-state index contributed by atoms with van der Waals surface area (Å²) in [6.07, 6.45) is 5.43. The molecular formula is C29H28N2O3S. The van der Waals surface area contributed by atoms with Crippen molar-refractivity contribution >= 4 is 33.4 Å². The third kappa shape index (κ3) is 3.96. The van der Waals surface area contributed by atoms with Crippen LogP contribution in [0.2, 0.25) is 0 Å². The number of hydrogen-bond acceptors (Lipinski definition) is 3. The van der Waals surface area contributed by atoms with E-state index in [4.69, 9.17) is 5.11 Å². The normalized spacial score (nSPS) is 23.1. The second kappa shape index (κ2) is 8.38. The topological polar surface area (TPSA) is 71.3 Å². The molecule has 2 aliphatic carbocycles. The van der Waals surface area contributed by atoms with Crippen LogP contribution in [0.5, 0.6) is 0 Å². The fourth-order valence-corrected chi connectivity index (χ4v) is 7.07. The SMILES string of the molecule is Cc1cn(Cc2ccc(-c3ccccc3)cc2)c2c(C(=O)NC3CC4(C3)CC(C(=O)O)C4)csc12. The lowest BCUT2D eigenvalue weighted by atomic mass is 9.50. The Morgan fingerprint density at radius 2 is 1.71 bits per heavy atom. The molecule has 0 atom stereocenters. The Kier molecular flexibility index (Phi) is 5.29. The van der Waals surface area contributed by atoms with E-state index in [1.54, 1.807) is 11.3 Å². The zero-order chi connectivity index (χ0) is 24.2. The van der Waals surface area contributed by atoms with Gasteiger partial charge in [-0.25, -0.2) is 0 Å². The molecule has 0 unspecified atom stereocenters. The Bertz CT molecular complexity index is 1400. The minimum absolute atomic E-state index is 0.0241. The van der Waals surface area contributed by atoms with Gasteiger partial charge in [-0.05, 0) is 60.3 Å². The van der Waals surface area contributed by atoms with E-state index in [-0.39, 0.29) is 23.3 Å². The van der Waals surface area contributed by atoms with Crippen LogP contribution in [0.4, 0.5) is 0 Å². The maximum absolute atomic E-state index is 13.2. The zero-order valence-electron chi connectivity index (χ0n) is 19.7. The lowest BCUT2D eigenvalue weighted by molar-refractivity contribution is -0.155. The van der Waals surface area contributed by atoms with Crippen molar-refractivity contribution in [3.8, 4) is 11.1 Å². The van der Waals surface area contributed by atoms with Gasteiger partial charge in [-0.2, -0.15) is 0 Å². The number of aromatic nitrogens is 1. The first-order valence-electron chi connectivity index (χ1n) is 12.2. The number of nitrogens with zero attached hydrogens (tertiary/aromatic N) is 1. The molecule has 0 saturated heterocycles. The van der Waals surface area contributed by atoms with Crippen LogP contribution in [0.3, 0.4) is 0 Å². The van der Waals surface area contributed by atoms with Gasteiger partial charge in [0.1, 0.15) is 0 Å². The number of hydrogen-bond donors (Lipinski definition) is 2. The Morgan fingerprint density at radius 3 is 2.40 bits per heavy atom. The molecule has 0 aliphatic heterocycles. The van der Waals surface area contributed by atoms with Gasteiger partial charge in [0.05, 0.1) is 21.7 Å². The Hall–Kier alpha value is -3.38. The molecule has 2 aromatic heterocycles. The van der Waals surface area contributed by atoms with Crippen molar-refractivity contribution in [3.05, 3.63) is 82.9 Å². The molecule has 1 spiro atoms. The number of aryl methyl sites for hydroxylation is 1. The van der Waals surface area contributed by atoms with Crippen molar-refractivity contribution in [2.45, 2.75) is 45.2 Å². The Balaban J connectivity index is 1.17. The summed E-state index contributed by atoms with van der Waals surface area (Å²) in [5.74, 6) is -0.908. The van der Waals surface area contributed by atoms with Crippen molar-refractivity contribution in [1.82, 2.24) is 9.88 Å². The van der Waals surface area contributed by atoms with E-state index in [1.807, 2.05) is 23.6 Å². The van der Waals surface area contributed by atoms with Crippen LogP contribution in [0.15, 0.2) is 66.2 Å². The minimum atomic E-state index is -0.686. The van der Waals surface area contributed by atoms with E-state index in [0.29, 0.717) is 6.54 Å². The average Bonchev–Trinajstić information content (AvgIpc) is 3.37. The number of carboxylic acid groups (broad SMARTS) is 1. The van der Waals surface area contributed by atoms with Crippen molar-refractivity contribution in [3.63, 3.8) is 0 Å². The number of amides is 1. The Labute approximate surface area is 208 Å². The monoisotopic (exact) mass is 484 g/mol. The number of carbonyl (C=O) groups excluding carboxylic acids is 1. The van der Waals surface area contributed by atoms with Gasteiger partial charge in [-0.1, -0.05) is 54.6 Å². The fourth-order valence-electron chi connectivity index (χ4n) is 6.03. The Morgan fingerprint density at radius 1 is 1.03 bits per heavy atom. The first-order valence-corrected chi connectivity index (χ1v) is 13.0. The van der Waals surface area contributed by atoms with Crippen LogP contribution < -0.4 is 5.32 Å². The molecule has 2 fully saturated rings. The van der Waals surface area contributed by atoms with Gasteiger partial charge in [0.15, 0.2) is 0 Å². The lowest BCUT2D eigenvalue weighted by Gasteiger charge is -2.56. The van der Waals surface area contributed by atoms with Crippen LogP contribution in [-0.2, 0) is 11.3 Å². The smallest absolute Gasteiger partial charge is 0.306 e. The molecule has 2 aromatic carbocycles. The zero-order valence-corrected chi connectivity index (χ0v) is 20.5. The van der Waals surface area contributed by atoms with E-state index < -0.39 is 5.97 Å². The molecule has 2 heterocycles. The lowest BCUT2D eigenvalue weighted by Crippen LogP contribution is -2.57. The molecule has 6 heteroatoms. The number of nitrogens with one attached hydrogen (secondary N) is 1. The van der Waals surface area contributed by atoms with Crippen molar-refractivity contribution in [2.24, 2.45) is 11.3 Å². The van der Waals surface area contributed by atoms with Gasteiger partial charge >= 0.3 is 5.97 Å². The highest BCUT2D eigenvalue weighted by Gasteiger charge is 2.55. The first-order chi connectivity index (χ1) is 16.9. The van der Waals surface area contributed by atoms with Crippen LogP contribution >= 0.6 is 11.3 Å². The number of rotatable bonds is 6. The predicted octanol–water partition coefficient (Wildman–Crippen LogP) is 6.10. The fraction of sp³-hybridized carbons (Fsp3) is 0.310. The molecule has 2 saturated carbocycles. The summed E-state index contributed by atoms with van der Waals surface area (Å²) < 4.78 is 3.35. The van der Waals surface area contributed by atoms with Crippen LogP contribution in [-0.4, -0.2) is 27.6 Å². The third-order valence-electron chi connectivity index (χ3n) is 7.82. The molecule has 0 bridgehead atoms. The van der Waals surface area contributed by atoms with Gasteiger partial charge in [0, 0.05) is 24.2 Å². The number of aliphatic carboxylic acids is 1. The second-order valence-electron chi connectivity index (χ2n) is 10.4. The number of carboxylic acids is 1. The maximum Gasteiger partial charge on any atom is 0.306 e. The van der Waals surface area contributed by atoms with Crippen LogP contribution in [0.1, 0.15) is 47.2 Å². The van der Waals surface area contributed by atoms with Gasteiger partial charge in [0.2, 0.25) is 0 Å². The van der Waals surface area contributed by atoms with Crippen molar-refractivity contribution in [1.29, 1.82) is 0 Å². The van der Waals surface area contributed by atoms with Gasteiger partial charge in [-0.15, -0.1) is 11.3 Å². The largest absolute Gasteiger partial charge is 0.481 e. The van der Waals surface area contributed by atoms with Crippen LogP contribution in [0, 0.1) is 18.3 Å². The summed E-state index contributed by atoms with van der Waals surface area (Å²) in [5, 5.41) is 14.3. The molecule has 2 N–H and O–H groups in total. The van der Waals surface area contributed by atoms with E-state index in [1.165, 1.54) is 22.3 Å². The minimum Gasteiger partial charge on any atom is -0.481 e. The van der Waals surface area contributed by atoms with E-state index in [2.05, 4.69) is 59.4 Å². The highest BCUT2D eigenvalue weighted by Crippen LogP contribution is 2.58. The number of carbonyl (C=O) groups is 2. The van der Waals surface area contributed by atoms with Crippen molar-refractivity contribution in [2.75, 3.05) is 0 Å². The average molecular weight is 485 g/mol. The molecular weight excluding hydrogens is 456 g/mol. The predicted molar refractivity (Wildman–Crippen MR) is 139 cm³/mol. The molecule has 4 aromatic rings. The van der Waals surface area contributed by atoms with E-state index >= 15 is 0 Å². The van der Waals surface area contributed by atoms with Gasteiger partial charge in [0.25, 0.3) is 5.91 Å². The maximum atomic E-state index is 13.2. The van der Waals surface area contributed by atoms with Gasteiger partial charge in [-0.3, -0.25) is 9.59 Å². The van der Waals surface area contributed by atoms with Crippen molar-refractivity contribution < 1.29 is 14.7 Å². The molecule has 1 amide bonds. The summed E-state index contributed by atoms with van der Waals surface area (Å²) in [4.78, 5) is 24.3. The second-order valence-corrected chi connectivity index (χ2v) is 11.2. The molecule has 178 valence electrons. The van der Waals surface area contributed by atoms with Crippen LogP contribution in [0.25, 0.3) is 21.3 Å². The highest BCUT2D eigenvalue weighted by molar-refractivity contribution is 7.17. The third-order valence-corrected chi connectivity index (χ3v) is 8.92. The summed E-state index contributed by atoms with van der Waals surface area (Å²) >= 11 is 1.62. The molecule has 6 rings (SSSR count). The number of thiophene rings is 1. The summed E-state index contributed by atoms with van der Waals surface area (Å²) in [6.45, 7) is 2.81.